The van der Waals surface area contributed by atoms with Crippen LogP contribution >= 0.6 is 35.7 Å². The molecule has 0 heterocycles. The molecule has 0 radical (unpaired) electrons. The molecule has 10 heteroatoms. The fourth-order valence-corrected chi connectivity index (χ4v) is 6.11. The van der Waals surface area contributed by atoms with Crippen molar-refractivity contribution in [2.75, 3.05) is 5.75 Å². The molecule has 1 amide bonds. The van der Waals surface area contributed by atoms with Crippen LogP contribution < -0.4 is 10.5 Å². The van der Waals surface area contributed by atoms with Crippen LogP contribution in [0.1, 0.15) is 62.0 Å². The largest absolute Gasteiger partial charge is 0.461 e. The minimum atomic E-state index is -1.15. The number of benzene rings is 2. The molecule has 0 saturated heterocycles. The van der Waals surface area contributed by atoms with E-state index in [0.717, 1.165) is 20.4 Å². The molecule has 7 nitrogen and oxygen atoms in total. The van der Waals surface area contributed by atoms with Gasteiger partial charge in [-0.25, -0.2) is 0 Å². The number of carbonyl (C=O) groups is 4. The lowest BCUT2D eigenvalue weighted by molar-refractivity contribution is -0.148. The smallest absolute Gasteiger partial charge is 0.314 e. The molecule has 0 saturated carbocycles. The summed E-state index contributed by atoms with van der Waals surface area (Å²) in [5.41, 5.74) is 7.00. The zero-order valence-electron chi connectivity index (χ0n) is 22.6. The Labute approximate surface area is 244 Å². The van der Waals surface area contributed by atoms with Crippen LogP contribution in [0.2, 0.25) is 0 Å². The van der Waals surface area contributed by atoms with Crippen LogP contribution in [0.15, 0.2) is 48.5 Å². The van der Waals surface area contributed by atoms with Crippen molar-refractivity contribution in [1.29, 1.82) is 0 Å². The predicted molar refractivity (Wildman–Crippen MR) is 161 cm³/mol. The number of hydrogen-bond acceptors (Lipinski definition) is 9. The van der Waals surface area contributed by atoms with Crippen molar-refractivity contribution >= 4 is 63.4 Å². The lowest BCUT2D eigenvalue weighted by Crippen LogP contribution is -2.43. The molecule has 3 unspecified atom stereocenters. The van der Waals surface area contributed by atoms with E-state index in [1.807, 2.05) is 24.3 Å². The fourth-order valence-electron chi connectivity index (χ4n) is 3.92. The number of rotatable bonds is 14. The van der Waals surface area contributed by atoms with E-state index in [0.29, 0.717) is 23.4 Å². The van der Waals surface area contributed by atoms with Crippen molar-refractivity contribution in [2.45, 2.75) is 52.9 Å². The van der Waals surface area contributed by atoms with Gasteiger partial charge in [0.1, 0.15) is 22.2 Å². The molecule has 3 atom stereocenters. The summed E-state index contributed by atoms with van der Waals surface area (Å²) in [6, 6.07) is 13.8. The maximum absolute atomic E-state index is 12.8. The number of esters is 2. The number of thiocarbonyl (C=S) groups is 1. The number of nitrogens with two attached hydrogens (primary N) is 1. The molecule has 2 rings (SSSR count). The van der Waals surface area contributed by atoms with E-state index in [9.17, 15) is 19.2 Å². The Hall–Kier alpha value is -2.69. The summed E-state index contributed by atoms with van der Waals surface area (Å²) < 4.78 is 11.8. The van der Waals surface area contributed by atoms with E-state index >= 15 is 0 Å². The van der Waals surface area contributed by atoms with Gasteiger partial charge in [-0.05, 0) is 53.5 Å². The molecule has 0 aromatic heterocycles. The van der Waals surface area contributed by atoms with Crippen LogP contribution in [-0.4, -0.2) is 33.4 Å². The van der Waals surface area contributed by atoms with Crippen LogP contribution in [0, 0.1) is 17.3 Å². The summed E-state index contributed by atoms with van der Waals surface area (Å²) in [6.07, 6.45) is 0.751. The summed E-state index contributed by atoms with van der Waals surface area (Å²) in [6.45, 7) is 7.21. The third kappa shape index (κ3) is 10.1. The van der Waals surface area contributed by atoms with Crippen LogP contribution in [0.25, 0.3) is 0 Å². The van der Waals surface area contributed by atoms with Crippen LogP contribution in [0.3, 0.4) is 0 Å². The maximum Gasteiger partial charge on any atom is 0.314 e. The minimum Gasteiger partial charge on any atom is -0.461 e. The second kappa shape index (κ2) is 15.8. The van der Waals surface area contributed by atoms with Gasteiger partial charge < -0.3 is 15.2 Å². The van der Waals surface area contributed by atoms with Crippen LogP contribution in [0.5, 0.6) is 5.75 Å². The number of thioether (sulfide) groups is 2. The summed E-state index contributed by atoms with van der Waals surface area (Å²) in [7, 11) is 0. The Bertz CT molecular complexity index is 1170. The van der Waals surface area contributed by atoms with Gasteiger partial charge in [0.25, 0.3) is 0 Å². The maximum atomic E-state index is 12.8. The minimum absolute atomic E-state index is 0.0392. The van der Waals surface area contributed by atoms with Crippen LogP contribution in [-0.2, 0) is 31.5 Å². The quantitative estimate of drug-likeness (QED) is 0.123. The number of aldehydes is 1. The first-order valence-electron chi connectivity index (χ1n) is 12.6. The van der Waals surface area contributed by atoms with Crippen LogP contribution in [0.4, 0.5) is 0 Å². The first-order chi connectivity index (χ1) is 18.5. The second-order valence-corrected chi connectivity index (χ2v) is 12.9. The van der Waals surface area contributed by atoms with Crippen molar-refractivity contribution in [3.05, 3.63) is 65.2 Å². The van der Waals surface area contributed by atoms with E-state index < -0.39 is 35.1 Å². The molecular formula is C29H35NO6S3. The molecular weight excluding hydrogens is 555 g/mol. The van der Waals surface area contributed by atoms with Gasteiger partial charge in [-0.15, -0.1) is 23.5 Å². The summed E-state index contributed by atoms with van der Waals surface area (Å²) in [4.78, 5) is 48.8. The number of carbonyl (C=O) groups excluding carboxylic acids is 4. The van der Waals surface area contributed by atoms with Gasteiger partial charge in [0, 0.05) is 17.7 Å². The second-order valence-electron chi connectivity index (χ2n) is 9.50. The van der Waals surface area contributed by atoms with Gasteiger partial charge in [-0.1, -0.05) is 64.2 Å². The topological polar surface area (TPSA) is 113 Å². The highest BCUT2D eigenvalue weighted by Gasteiger charge is 2.41. The Kier molecular flexibility index (Phi) is 13.2. The molecule has 0 fully saturated rings. The molecule has 0 aliphatic carbocycles. The number of amides is 1. The van der Waals surface area contributed by atoms with Crippen molar-refractivity contribution in [3.63, 3.8) is 0 Å². The van der Waals surface area contributed by atoms with E-state index in [4.69, 9.17) is 27.4 Å². The molecule has 39 heavy (non-hydrogen) atoms. The van der Waals surface area contributed by atoms with E-state index in [2.05, 4.69) is 6.92 Å². The fraction of sp³-hybridized carbons (Fsp3) is 0.414. The summed E-state index contributed by atoms with van der Waals surface area (Å²) in [5.74, 6) is -0.871. The predicted octanol–water partition coefficient (Wildman–Crippen LogP) is 5.96. The first kappa shape index (κ1) is 32.5. The number of hydrogen-bond donors (Lipinski definition) is 1. The molecule has 2 aromatic rings. The summed E-state index contributed by atoms with van der Waals surface area (Å²) >= 11 is 8.56. The Morgan fingerprint density at radius 1 is 1.05 bits per heavy atom. The van der Waals surface area contributed by atoms with Gasteiger partial charge in [-0.3, -0.25) is 19.2 Å². The molecule has 2 N–H and O–H groups in total. The average molecular weight is 590 g/mol. The van der Waals surface area contributed by atoms with Crippen molar-refractivity contribution in [2.24, 2.45) is 23.0 Å². The lowest BCUT2D eigenvalue weighted by atomic mass is 9.70. The molecule has 210 valence electrons. The first-order valence-corrected chi connectivity index (χ1v) is 15.0. The molecule has 0 spiro atoms. The molecule has 0 bridgehead atoms. The highest BCUT2D eigenvalue weighted by molar-refractivity contribution is 8.46. The lowest BCUT2D eigenvalue weighted by Gasteiger charge is -2.34. The average Bonchev–Trinajstić information content (AvgIpc) is 2.91. The third-order valence-corrected chi connectivity index (χ3v) is 9.24. The third-order valence-electron chi connectivity index (χ3n) is 6.61. The highest BCUT2D eigenvalue weighted by Crippen LogP contribution is 2.37. The number of ether oxygens (including phenoxy) is 2. The summed E-state index contributed by atoms with van der Waals surface area (Å²) in [5, 5.41) is 0. The highest BCUT2D eigenvalue weighted by atomic mass is 32.2. The monoisotopic (exact) mass is 589 g/mol. The zero-order valence-corrected chi connectivity index (χ0v) is 25.1. The van der Waals surface area contributed by atoms with E-state index in [1.165, 1.54) is 12.1 Å². The van der Waals surface area contributed by atoms with Crippen molar-refractivity contribution < 1.29 is 28.7 Å². The van der Waals surface area contributed by atoms with E-state index in [1.54, 1.807) is 56.4 Å². The van der Waals surface area contributed by atoms with Crippen molar-refractivity contribution in [1.82, 2.24) is 0 Å². The Morgan fingerprint density at radius 2 is 1.69 bits per heavy atom. The van der Waals surface area contributed by atoms with Gasteiger partial charge >= 0.3 is 11.9 Å². The molecule has 0 aliphatic heterocycles. The standard InChI is InChI=1S/C29H35NO6S3/c1-5-38-28(37)39-18-23-9-7-6-8-22(23)17-35-25(32)14-20(3)29(4,27(30)34)15-19(2)26(33)36-24-12-10-21(16-31)11-13-24/h6-13,16,19-20H,5,14-15,17-18H2,1-4H3,(H2,30,34). The van der Waals surface area contributed by atoms with Gasteiger partial charge in [0.15, 0.2) is 0 Å². The molecule has 2 aromatic carbocycles. The normalized spacial score (nSPS) is 13.9. The van der Waals surface area contributed by atoms with Crippen molar-refractivity contribution in [3.8, 4) is 5.75 Å². The van der Waals surface area contributed by atoms with Gasteiger partial charge in [-0.2, -0.15) is 0 Å². The molecule has 0 aliphatic rings. The SMILES string of the molecule is CCSC(=S)SCc1ccccc1COC(=O)CC(C)C(C)(CC(C)C(=O)Oc1ccc(C=O)cc1)C(N)=O. The number of primary amides is 1. The Morgan fingerprint density at radius 3 is 2.28 bits per heavy atom. The van der Waals surface area contributed by atoms with Gasteiger partial charge in [0.2, 0.25) is 5.91 Å². The van der Waals surface area contributed by atoms with Gasteiger partial charge in [0.05, 0.1) is 11.3 Å². The zero-order chi connectivity index (χ0) is 29.0. The Balaban J connectivity index is 1.97. The van der Waals surface area contributed by atoms with E-state index in [-0.39, 0.29) is 19.4 Å².